The molecule has 0 radical (unpaired) electrons. The van der Waals surface area contributed by atoms with Crippen LogP contribution in [0.5, 0.6) is 0 Å². The van der Waals surface area contributed by atoms with Crippen molar-refractivity contribution in [3.8, 4) is 0 Å². The van der Waals surface area contributed by atoms with Crippen molar-refractivity contribution >= 4 is 5.69 Å². The second-order valence-electron chi connectivity index (χ2n) is 5.28. The maximum atomic E-state index is 12.9. The maximum absolute atomic E-state index is 12.9. The van der Waals surface area contributed by atoms with E-state index in [1.807, 2.05) is 12.1 Å². The van der Waals surface area contributed by atoms with Crippen molar-refractivity contribution in [1.29, 1.82) is 0 Å². The number of piperidine rings is 1. The van der Waals surface area contributed by atoms with Crippen LogP contribution in [0.25, 0.3) is 0 Å². The zero-order valence-corrected chi connectivity index (χ0v) is 10.7. The number of anilines is 1. The number of hydrogen-bond acceptors (Lipinski definition) is 2. The van der Waals surface area contributed by atoms with Crippen molar-refractivity contribution in [1.82, 2.24) is 5.32 Å². The minimum Gasteiger partial charge on any atom is -0.373 e. The fraction of sp³-hybridized carbons (Fsp3) is 0.571. The van der Waals surface area contributed by atoms with Gasteiger partial charge in [0.1, 0.15) is 5.82 Å². The molecule has 0 aliphatic carbocycles. The van der Waals surface area contributed by atoms with E-state index in [4.69, 9.17) is 0 Å². The molecule has 3 heteroatoms. The third kappa shape index (κ3) is 3.19. The highest BCUT2D eigenvalue weighted by Gasteiger charge is 2.27. The number of benzene rings is 1. The molecule has 1 fully saturated rings. The summed E-state index contributed by atoms with van der Waals surface area (Å²) in [5, 5.41) is 3.59. The van der Waals surface area contributed by atoms with Crippen LogP contribution in [0.4, 0.5) is 10.1 Å². The van der Waals surface area contributed by atoms with Crippen LogP contribution in [0.15, 0.2) is 24.3 Å². The summed E-state index contributed by atoms with van der Waals surface area (Å²) in [5.74, 6) is -0.177. The minimum absolute atomic E-state index is 0.177. The molecule has 1 aromatic carbocycles. The predicted octanol–water partition coefficient (Wildman–Crippen LogP) is 2.79. The van der Waals surface area contributed by atoms with E-state index >= 15 is 0 Å². The van der Waals surface area contributed by atoms with E-state index in [2.05, 4.69) is 24.2 Å². The van der Waals surface area contributed by atoms with Crippen LogP contribution in [0.1, 0.15) is 26.2 Å². The monoisotopic (exact) mass is 236 g/mol. The van der Waals surface area contributed by atoms with E-state index in [-0.39, 0.29) is 11.4 Å². The lowest BCUT2D eigenvalue weighted by molar-refractivity contribution is 0.283. The van der Waals surface area contributed by atoms with Gasteiger partial charge >= 0.3 is 0 Å². The minimum atomic E-state index is -0.177. The van der Waals surface area contributed by atoms with Crippen LogP contribution >= 0.6 is 0 Å². The standard InChI is InChI=1S/C14H21FN2/c1-14(9-3-4-10-16-14)11-17(2)13-7-5-12(15)6-8-13/h5-8,16H,3-4,9-11H2,1-2H3. The highest BCUT2D eigenvalue weighted by Crippen LogP contribution is 2.22. The molecule has 1 heterocycles. The Kier molecular flexibility index (Phi) is 3.67. The van der Waals surface area contributed by atoms with Crippen molar-refractivity contribution in [2.75, 3.05) is 25.0 Å². The van der Waals surface area contributed by atoms with Gasteiger partial charge in [-0.25, -0.2) is 4.39 Å². The number of rotatable bonds is 3. The van der Waals surface area contributed by atoms with Gasteiger partial charge in [0, 0.05) is 24.8 Å². The number of hydrogen-bond donors (Lipinski definition) is 1. The first-order valence-corrected chi connectivity index (χ1v) is 6.31. The maximum Gasteiger partial charge on any atom is 0.123 e. The van der Waals surface area contributed by atoms with E-state index in [0.29, 0.717) is 0 Å². The molecular weight excluding hydrogens is 215 g/mol. The van der Waals surface area contributed by atoms with Gasteiger partial charge in [-0.3, -0.25) is 0 Å². The molecule has 17 heavy (non-hydrogen) atoms. The first-order chi connectivity index (χ1) is 8.09. The van der Waals surface area contributed by atoms with Crippen LogP contribution in [-0.4, -0.2) is 25.7 Å². The van der Waals surface area contributed by atoms with E-state index in [1.165, 1.54) is 31.4 Å². The first-order valence-electron chi connectivity index (χ1n) is 6.31. The van der Waals surface area contributed by atoms with Gasteiger partial charge < -0.3 is 10.2 Å². The van der Waals surface area contributed by atoms with Gasteiger partial charge in [0.05, 0.1) is 0 Å². The largest absolute Gasteiger partial charge is 0.373 e. The average molecular weight is 236 g/mol. The Balaban J connectivity index is 2.00. The van der Waals surface area contributed by atoms with Gasteiger partial charge in [0.25, 0.3) is 0 Å². The zero-order chi connectivity index (χ0) is 12.3. The lowest BCUT2D eigenvalue weighted by Crippen LogP contribution is -2.53. The lowest BCUT2D eigenvalue weighted by Gasteiger charge is -2.38. The summed E-state index contributed by atoms with van der Waals surface area (Å²) in [7, 11) is 2.06. The van der Waals surface area contributed by atoms with Crippen molar-refractivity contribution in [3.63, 3.8) is 0 Å². The average Bonchev–Trinajstić information content (AvgIpc) is 2.30. The lowest BCUT2D eigenvalue weighted by atomic mass is 9.90. The molecule has 94 valence electrons. The summed E-state index contributed by atoms with van der Waals surface area (Å²) in [4.78, 5) is 2.19. The van der Waals surface area contributed by atoms with Gasteiger partial charge in [-0.1, -0.05) is 6.42 Å². The Labute approximate surface area is 103 Å². The highest BCUT2D eigenvalue weighted by atomic mass is 19.1. The van der Waals surface area contributed by atoms with Crippen molar-refractivity contribution < 1.29 is 4.39 Å². The summed E-state index contributed by atoms with van der Waals surface area (Å²) < 4.78 is 12.9. The number of nitrogens with one attached hydrogen (secondary N) is 1. The third-order valence-corrected chi connectivity index (χ3v) is 3.56. The number of likely N-dealkylation sites (N-methyl/N-ethyl adjacent to an activating group) is 1. The number of nitrogens with zero attached hydrogens (tertiary/aromatic N) is 1. The van der Waals surface area contributed by atoms with Gasteiger partial charge in [-0.2, -0.15) is 0 Å². The molecule has 0 spiro atoms. The Hall–Kier alpha value is -1.09. The van der Waals surface area contributed by atoms with Crippen LogP contribution in [0, 0.1) is 5.82 Å². The fourth-order valence-electron chi connectivity index (χ4n) is 2.56. The molecule has 1 unspecified atom stereocenters. The summed E-state index contributed by atoms with van der Waals surface area (Å²) in [6.45, 7) is 4.33. The highest BCUT2D eigenvalue weighted by molar-refractivity contribution is 5.45. The molecular formula is C14H21FN2. The molecule has 2 nitrogen and oxygen atoms in total. The third-order valence-electron chi connectivity index (χ3n) is 3.56. The molecule has 1 atom stereocenters. The van der Waals surface area contributed by atoms with E-state index in [1.54, 1.807) is 0 Å². The molecule has 0 amide bonds. The Bertz CT molecular complexity index is 355. The molecule has 1 aliphatic rings. The fourth-order valence-corrected chi connectivity index (χ4v) is 2.56. The Morgan fingerprint density at radius 2 is 2.00 bits per heavy atom. The van der Waals surface area contributed by atoms with Gasteiger partial charge in [0.2, 0.25) is 0 Å². The molecule has 0 bridgehead atoms. The Morgan fingerprint density at radius 3 is 2.59 bits per heavy atom. The van der Waals surface area contributed by atoms with Crippen molar-refractivity contribution in [3.05, 3.63) is 30.1 Å². The molecule has 1 aromatic rings. The smallest absolute Gasteiger partial charge is 0.123 e. The molecule has 0 aromatic heterocycles. The van der Waals surface area contributed by atoms with E-state index in [0.717, 1.165) is 18.8 Å². The topological polar surface area (TPSA) is 15.3 Å². The summed E-state index contributed by atoms with van der Waals surface area (Å²) in [6, 6.07) is 6.70. The summed E-state index contributed by atoms with van der Waals surface area (Å²) >= 11 is 0. The van der Waals surface area contributed by atoms with Crippen LogP contribution in [0.2, 0.25) is 0 Å². The quantitative estimate of drug-likeness (QED) is 0.868. The van der Waals surface area contributed by atoms with Crippen molar-refractivity contribution in [2.24, 2.45) is 0 Å². The zero-order valence-electron chi connectivity index (χ0n) is 10.7. The first kappa shape index (κ1) is 12.4. The second kappa shape index (κ2) is 5.05. The van der Waals surface area contributed by atoms with Gasteiger partial charge in [-0.05, 0) is 50.6 Å². The van der Waals surface area contributed by atoms with E-state index in [9.17, 15) is 4.39 Å². The molecule has 2 rings (SSSR count). The normalized spacial score (nSPS) is 24.6. The van der Waals surface area contributed by atoms with Gasteiger partial charge in [-0.15, -0.1) is 0 Å². The van der Waals surface area contributed by atoms with E-state index < -0.39 is 0 Å². The summed E-state index contributed by atoms with van der Waals surface area (Å²) in [6.07, 6.45) is 3.77. The second-order valence-corrected chi connectivity index (χ2v) is 5.28. The molecule has 0 saturated carbocycles. The SMILES string of the molecule is CN(CC1(C)CCCCN1)c1ccc(F)cc1. The van der Waals surface area contributed by atoms with Gasteiger partial charge in [0.15, 0.2) is 0 Å². The van der Waals surface area contributed by atoms with Crippen LogP contribution < -0.4 is 10.2 Å². The molecule has 1 N–H and O–H groups in total. The Morgan fingerprint density at radius 1 is 1.29 bits per heavy atom. The van der Waals surface area contributed by atoms with Crippen LogP contribution in [-0.2, 0) is 0 Å². The molecule has 1 saturated heterocycles. The van der Waals surface area contributed by atoms with Crippen LogP contribution in [0.3, 0.4) is 0 Å². The predicted molar refractivity (Wildman–Crippen MR) is 69.9 cm³/mol. The van der Waals surface area contributed by atoms with Crippen molar-refractivity contribution in [2.45, 2.75) is 31.7 Å². The number of halogens is 1. The summed E-state index contributed by atoms with van der Waals surface area (Å²) in [5.41, 5.74) is 1.25. The molecule has 1 aliphatic heterocycles.